The molecule has 0 saturated carbocycles. The van der Waals surface area contributed by atoms with Gasteiger partial charge in [-0.2, -0.15) is 9.67 Å². The molecular formula is C67H77ClN10O6SSi. The van der Waals surface area contributed by atoms with Crippen LogP contribution in [0.4, 0.5) is 28.4 Å². The summed E-state index contributed by atoms with van der Waals surface area (Å²) in [5.41, 5.74) is 11.9. The van der Waals surface area contributed by atoms with Gasteiger partial charge in [0, 0.05) is 66.4 Å². The highest BCUT2D eigenvalue weighted by molar-refractivity contribution is 7.71. The molecule has 2 radical (unpaired) electrons. The van der Waals surface area contributed by atoms with Gasteiger partial charge in [0.25, 0.3) is 5.52 Å². The van der Waals surface area contributed by atoms with Gasteiger partial charge in [0.1, 0.15) is 18.7 Å². The summed E-state index contributed by atoms with van der Waals surface area (Å²) < 4.78 is 10.8. The van der Waals surface area contributed by atoms with E-state index in [-0.39, 0.29) is 43.6 Å². The molecule has 4 heterocycles. The van der Waals surface area contributed by atoms with Crippen molar-refractivity contribution in [3.8, 4) is 16.8 Å². The molecule has 0 spiro atoms. The number of benzene rings is 6. The van der Waals surface area contributed by atoms with Crippen molar-refractivity contribution < 1.29 is 33.6 Å². The molecule has 6 aromatic carbocycles. The first-order chi connectivity index (χ1) is 41.9. The molecule has 0 fully saturated rings. The number of aliphatic hydroxyl groups is 1. The minimum atomic E-state index is -1.12. The van der Waals surface area contributed by atoms with Crippen molar-refractivity contribution in [1.82, 2.24) is 20.1 Å². The largest absolute Gasteiger partial charge is 0.548 e. The standard InChI is InChI=1S/C46H50ClN5O4.C19H21N5O2SSi.C2H6/c1-4-32(29-45-50(6-3)39-16-10-11-17-42(39)56-45)28-44-49(5-2)38-21-18-34(33-14-8-7-9-15-33)31-41(38)52(44)26-13-12-25-48-43(53)24-27-51-37-23-20-36(47)30-35(37)19-22-40(51)46(54)55;1-28-18(12-25)23(15-7-3-2-4-8-15)11-17(26)21-14-6-5-9-16(10-14)24-13-20-22-19(24)27;1-2/h7-11,14-18,20-21,23,28-31,40H,4-6,12-13,19,22,24-27H2,1-3H3,(H-,48,53,54,55);2-10,13,18,25H,11-12H2,1H3,(H,21,26)(H,22,27);1-2H3. The van der Waals surface area contributed by atoms with Gasteiger partial charge in [-0.1, -0.05) is 112 Å². The normalized spacial score (nSPS) is 14.4. The number of aromatic amines is 1. The lowest BCUT2D eigenvalue weighted by Crippen LogP contribution is -2.51. The molecule has 0 saturated heterocycles. The third-order valence-electron chi connectivity index (χ3n) is 15.2. The van der Waals surface area contributed by atoms with Gasteiger partial charge >= 0.3 is 5.89 Å². The van der Waals surface area contributed by atoms with Crippen LogP contribution in [-0.4, -0.2) is 98.2 Å². The number of carbonyl (C=O) groups is 3. The van der Waals surface area contributed by atoms with Crippen LogP contribution < -0.4 is 39.9 Å². The average Bonchev–Trinajstić information content (AvgIpc) is 1.75. The van der Waals surface area contributed by atoms with Gasteiger partial charge in [-0.15, -0.1) is 0 Å². The maximum Gasteiger partial charge on any atom is 0.374 e. The first-order valence-corrected chi connectivity index (χ1v) is 32.0. The van der Waals surface area contributed by atoms with E-state index in [0.717, 1.165) is 101 Å². The number of aromatic nitrogens is 4. The average molecular weight is 1210 g/mol. The van der Waals surface area contributed by atoms with Crippen molar-refractivity contribution in [1.29, 1.82) is 0 Å². The number of carbonyl (C=O) groups excluding carboxylic acids is 3. The summed E-state index contributed by atoms with van der Waals surface area (Å²) in [5.74, 6) is 0.565. The van der Waals surface area contributed by atoms with Crippen LogP contribution in [0.3, 0.4) is 0 Å². The topological polar surface area (TPSA) is 182 Å². The maximum absolute atomic E-state index is 13.1. The minimum Gasteiger partial charge on any atom is -0.548 e. The van der Waals surface area contributed by atoms with Crippen LogP contribution in [0, 0.1) is 4.77 Å². The number of unbranched alkanes of at least 4 members (excludes halogenated alkanes) is 1. The van der Waals surface area contributed by atoms with Gasteiger partial charge in [0.15, 0.2) is 4.77 Å². The van der Waals surface area contributed by atoms with E-state index in [9.17, 15) is 24.6 Å². The molecule has 2 aromatic heterocycles. The lowest BCUT2D eigenvalue weighted by molar-refractivity contribution is -0.674. The first kappa shape index (κ1) is 63.7. The molecule has 2 aliphatic rings. The van der Waals surface area contributed by atoms with Crippen LogP contribution >= 0.6 is 23.8 Å². The number of oxazole rings is 1. The van der Waals surface area contributed by atoms with E-state index in [2.05, 4.69) is 117 Å². The minimum absolute atomic E-state index is 0.00859. The zero-order valence-electron chi connectivity index (χ0n) is 49.8. The number of anilines is 5. The lowest BCUT2D eigenvalue weighted by Gasteiger charge is -2.39. The van der Waals surface area contributed by atoms with Crippen molar-refractivity contribution >= 4 is 96.7 Å². The third kappa shape index (κ3) is 15.6. The molecule has 86 heavy (non-hydrogen) atoms. The number of H-pyrrole nitrogens is 1. The Morgan fingerprint density at radius 2 is 1.62 bits per heavy atom. The fraction of sp³-hybridized carbons (Fsp3) is 0.313. The van der Waals surface area contributed by atoms with E-state index in [0.29, 0.717) is 44.4 Å². The molecule has 19 heteroatoms. The van der Waals surface area contributed by atoms with E-state index in [1.54, 1.807) is 21.9 Å². The van der Waals surface area contributed by atoms with E-state index in [1.807, 2.05) is 116 Å². The summed E-state index contributed by atoms with van der Waals surface area (Å²) >= 11 is 11.4. The quantitative estimate of drug-likeness (QED) is 0.0206. The fourth-order valence-electron chi connectivity index (χ4n) is 10.9. The molecule has 2 atom stereocenters. The molecule has 448 valence electrons. The number of nitrogens with one attached hydrogen (secondary N) is 3. The fourth-order valence-corrected chi connectivity index (χ4v) is 12.1. The van der Waals surface area contributed by atoms with Gasteiger partial charge in [-0.25, -0.2) is 0 Å². The highest BCUT2D eigenvalue weighted by atomic mass is 35.5. The number of rotatable bonds is 23. The second-order valence-electron chi connectivity index (χ2n) is 20.4. The Balaban J connectivity index is 0.000000268. The van der Waals surface area contributed by atoms with Crippen LogP contribution in [0.2, 0.25) is 11.6 Å². The Morgan fingerprint density at radius 3 is 2.31 bits per heavy atom. The van der Waals surface area contributed by atoms with Crippen molar-refractivity contribution in [3.63, 3.8) is 0 Å². The van der Waals surface area contributed by atoms with Crippen molar-refractivity contribution in [2.45, 2.75) is 97.9 Å². The number of hydrogen-bond acceptors (Lipinski definition) is 12. The number of aryl methyl sites for hydroxylation is 2. The number of aliphatic carboxylic acids is 1. The number of fused-ring (bicyclic) bond motifs is 3. The van der Waals surface area contributed by atoms with Crippen molar-refractivity contribution in [2.24, 2.45) is 0 Å². The number of halogens is 1. The number of hydrogen-bond donors (Lipinski definition) is 4. The predicted molar refractivity (Wildman–Crippen MR) is 348 cm³/mol. The van der Waals surface area contributed by atoms with Crippen LogP contribution in [0.25, 0.3) is 34.0 Å². The van der Waals surface area contributed by atoms with Crippen molar-refractivity contribution in [3.05, 3.63) is 191 Å². The van der Waals surface area contributed by atoms with Gasteiger partial charge in [-0.05, 0) is 153 Å². The number of carboxylic acid groups (broad SMARTS) is 1. The van der Waals surface area contributed by atoms with E-state index >= 15 is 0 Å². The zero-order valence-corrected chi connectivity index (χ0v) is 52.4. The maximum atomic E-state index is 13.1. The van der Waals surface area contributed by atoms with Crippen LogP contribution in [0.1, 0.15) is 78.2 Å². The zero-order chi connectivity index (χ0) is 61.1. The number of aliphatic hydroxyl groups excluding tert-OH is 1. The van der Waals surface area contributed by atoms with E-state index in [1.165, 1.54) is 11.3 Å². The first-order valence-electron chi connectivity index (χ1n) is 29.6. The SMILES string of the molecule is CC.CCC(=Cc1oc2ccccc2[n+]1CC)C=C1N(CC)c2ccc(-c3ccccc3)cc2N1CCCCNC(=O)CCN1c2ccc(Cl)cc2CCC1C(=O)[O-].C[Si]C(CO)N(CC(=O)Nc1cccc(-n2cn[nH]c2=S)c1)c1ccccc1. The predicted octanol–water partition coefficient (Wildman–Crippen LogP) is 11.4. The molecule has 4 N–H and O–H groups in total. The Kier molecular flexibility index (Phi) is 23.1. The van der Waals surface area contributed by atoms with E-state index in [4.69, 9.17) is 28.2 Å². The summed E-state index contributed by atoms with van der Waals surface area (Å²) in [7, 11) is 0.474. The number of amides is 2. The van der Waals surface area contributed by atoms with Gasteiger partial charge in [0.05, 0.1) is 57.8 Å². The molecule has 10 rings (SSSR count). The Labute approximate surface area is 517 Å². The molecule has 8 aromatic rings. The molecule has 2 amide bonds. The van der Waals surface area contributed by atoms with Gasteiger partial charge < -0.3 is 49.7 Å². The second-order valence-corrected chi connectivity index (χ2v) is 22.5. The number of carboxylic acids is 1. The summed E-state index contributed by atoms with van der Waals surface area (Å²) in [6, 6.07) is 47.1. The van der Waals surface area contributed by atoms with E-state index < -0.39 is 12.0 Å². The molecule has 0 bridgehead atoms. The highest BCUT2D eigenvalue weighted by Gasteiger charge is 2.32. The van der Waals surface area contributed by atoms with Crippen LogP contribution in [0.5, 0.6) is 0 Å². The Hall–Kier alpha value is -8.29. The summed E-state index contributed by atoms with van der Waals surface area (Å²) in [6.45, 7) is 15.8. The van der Waals surface area contributed by atoms with Crippen LogP contribution in [-0.2, 0) is 27.3 Å². The number of allylic oxidation sites excluding steroid dienone is 2. The molecule has 2 unspecified atom stereocenters. The molecule has 16 nitrogen and oxygen atoms in total. The molecule has 0 aliphatic carbocycles. The smallest absolute Gasteiger partial charge is 0.374 e. The van der Waals surface area contributed by atoms with Crippen LogP contribution in [0.15, 0.2) is 174 Å². The van der Waals surface area contributed by atoms with Crippen molar-refractivity contribution in [2.75, 3.05) is 64.2 Å². The van der Waals surface area contributed by atoms with Gasteiger partial charge in [-0.3, -0.25) is 19.3 Å². The third-order valence-corrected chi connectivity index (χ3v) is 16.8. The van der Waals surface area contributed by atoms with Gasteiger partial charge in [0.2, 0.25) is 17.4 Å². The Morgan fingerprint density at radius 1 is 0.872 bits per heavy atom. The highest BCUT2D eigenvalue weighted by Crippen LogP contribution is 2.44. The summed E-state index contributed by atoms with van der Waals surface area (Å²) in [4.78, 5) is 46.3. The summed E-state index contributed by atoms with van der Waals surface area (Å²) in [6.07, 6.45) is 9.73. The summed E-state index contributed by atoms with van der Waals surface area (Å²) in [5, 5.41) is 35.0. The second kappa shape index (κ2) is 31.2. The monoisotopic (exact) mass is 1210 g/mol. The molecule has 2 aliphatic heterocycles. The molecular weight excluding hydrogens is 1140 g/mol. The number of para-hydroxylation sites is 3. The number of nitrogens with zero attached hydrogens (tertiary/aromatic N) is 7. The lowest BCUT2D eigenvalue weighted by atomic mass is 9.95. The Bertz CT molecular complexity index is 3680.